The summed E-state index contributed by atoms with van der Waals surface area (Å²) in [4.78, 5) is 46.8. The Bertz CT molecular complexity index is 1380. The molecular weight excluding hydrogens is 525 g/mol. The van der Waals surface area contributed by atoms with Crippen LogP contribution in [0.5, 0.6) is 0 Å². The molecule has 1 saturated heterocycles. The maximum absolute atomic E-state index is 13.5. The predicted octanol–water partition coefficient (Wildman–Crippen LogP) is 2.77. The normalized spacial score (nSPS) is 14.7. The number of anilines is 1. The summed E-state index contributed by atoms with van der Waals surface area (Å²) in [5.74, 6) is -2.35. The first-order valence-corrected chi connectivity index (χ1v) is 12.8. The average Bonchev–Trinajstić information content (AvgIpc) is 3.31. The fraction of sp³-hybridized carbons (Fsp3) is 0.333. The molecule has 12 heteroatoms. The summed E-state index contributed by atoms with van der Waals surface area (Å²) in [6.07, 6.45) is 1.36. The number of hydrogen-bond acceptors (Lipinski definition) is 6. The van der Waals surface area contributed by atoms with Crippen molar-refractivity contribution < 1.29 is 18.8 Å². The van der Waals surface area contributed by atoms with Gasteiger partial charge < -0.3 is 21.3 Å². The van der Waals surface area contributed by atoms with E-state index in [0.29, 0.717) is 17.9 Å². The molecule has 0 radical (unpaired) electrons. The number of aromatic nitrogens is 2. The number of imidazole rings is 1. The van der Waals surface area contributed by atoms with Gasteiger partial charge in [0.15, 0.2) is 5.69 Å². The lowest BCUT2D eigenvalue weighted by Crippen LogP contribution is -2.55. The van der Waals surface area contributed by atoms with E-state index in [1.54, 1.807) is 24.3 Å². The lowest BCUT2D eigenvalue weighted by Gasteiger charge is -2.38. The Morgan fingerprint density at radius 2 is 1.72 bits per heavy atom. The number of halogens is 2. The molecule has 3 aromatic rings. The van der Waals surface area contributed by atoms with Gasteiger partial charge in [0.2, 0.25) is 0 Å². The van der Waals surface area contributed by atoms with Crippen molar-refractivity contribution in [2.24, 2.45) is 5.73 Å². The summed E-state index contributed by atoms with van der Waals surface area (Å²) in [5.41, 5.74) is 5.91. The van der Waals surface area contributed by atoms with Gasteiger partial charge >= 0.3 is 0 Å². The van der Waals surface area contributed by atoms with Crippen molar-refractivity contribution >= 4 is 35.0 Å². The molecule has 0 bridgehead atoms. The minimum absolute atomic E-state index is 0.00674. The summed E-state index contributed by atoms with van der Waals surface area (Å²) in [6.45, 7) is 8.20. The number of carbonyl (C=O) groups is 3. The molecule has 1 fully saturated rings. The fourth-order valence-electron chi connectivity index (χ4n) is 4.49. The lowest BCUT2D eigenvalue weighted by atomic mass is 10.0. The molecule has 2 heterocycles. The molecule has 1 aliphatic rings. The van der Waals surface area contributed by atoms with Crippen LogP contribution in [0.3, 0.4) is 0 Å². The van der Waals surface area contributed by atoms with Crippen LogP contribution in [0.1, 0.15) is 45.2 Å². The molecule has 1 aliphatic heterocycles. The molecule has 10 nitrogen and oxygen atoms in total. The van der Waals surface area contributed by atoms with E-state index in [9.17, 15) is 18.8 Å². The van der Waals surface area contributed by atoms with E-state index < -0.39 is 29.1 Å². The fourth-order valence-corrected chi connectivity index (χ4v) is 4.74. The van der Waals surface area contributed by atoms with Crippen LogP contribution in [0.4, 0.5) is 10.1 Å². The highest BCUT2D eigenvalue weighted by molar-refractivity contribution is 6.34. The number of piperazine rings is 1. The largest absolute Gasteiger partial charge is 0.364 e. The molecule has 39 heavy (non-hydrogen) atoms. The van der Waals surface area contributed by atoms with Crippen molar-refractivity contribution in [1.29, 1.82) is 0 Å². The monoisotopic (exact) mass is 555 g/mol. The molecule has 0 atom stereocenters. The van der Waals surface area contributed by atoms with Gasteiger partial charge in [0.1, 0.15) is 17.8 Å². The van der Waals surface area contributed by atoms with Crippen molar-refractivity contribution in [1.82, 2.24) is 24.7 Å². The van der Waals surface area contributed by atoms with Crippen LogP contribution in [-0.2, 0) is 0 Å². The van der Waals surface area contributed by atoms with Crippen LogP contribution in [0, 0.1) is 5.82 Å². The third-order valence-electron chi connectivity index (χ3n) is 6.46. The molecular formula is C27H31ClFN7O3. The zero-order valence-corrected chi connectivity index (χ0v) is 22.8. The summed E-state index contributed by atoms with van der Waals surface area (Å²) in [7, 11) is 2.08. The van der Waals surface area contributed by atoms with Crippen LogP contribution < -0.4 is 16.4 Å². The number of amides is 3. The molecule has 4 rings (SSSR count). The van der Waals surface area contributed by atoms with Gasteiger partial charge in [-0.25, -0.2) is 9.37 Å². The number of likely N-dealkylation sites (N-methyl/N-ethyl adjacent to an activating group) is 1. The Labute approximate surface area is 230 Å². The first kappa shape index (κ1) is 28.2. The van der Waals surface area contributed by atoms with Crippen molar-refractivity contribution in [2.75, 3.05) is 45.1 Å². The quantitative estimate of drug-likeness (QED) is 0.392. The number of primary amides is 1. The third kappa shape index (κ3) is 6.80. The second-order valence-corrected chi connectivity index (χ2v) is 10.6. The van der Waals surface area contributed by atoms with Crippen molar-refractivity contribution in [3.63, 3.8) is 0 Å². The van der Waals surface area contributed by atoms with E-state index >= 15 is 0 Å². The minimum Gasteiger partial charge on any atom is -0.364 e. The third-order valence-corrected chi connectivity index (χ3v) is 6.77. The van der Waals surface area contributed by atoms with Crippen LogP contribution in [0.25, 0.3) is 5.69 Å². The molecule has 0 spiro atoms. The van der Waals surface area contributed by atoms with E-state index in [1.807, 2.05) is 13.8 Å². The lowest BCUT2D eigenvalue weighted by molar-refractivity contribution is 0.0836. The average molecular weight is 556 g/mol. The summed E-state index contributed by atoms with van der Waals surface area (Å²) in [6, 6.07) is 10.1. The van der Waals surface area contributed by atoms with Gasteiger partial charge in [-0.05, 0) is 63.4 Å². The van der Waals surface area contributed by atoms with Crippen molar-refractivity contribution in [3.8, 4) is 5.69 Å². The van der Waals surface area contributed by atoms with E-state index in [4.69, 9.17) is 17.3 Å². The highest BCUT2D eigenvalue weighted by Crippen LogP contribution is 2.22. The maximum Gasteiger partial charge on any atom is 0.271 e. The molecule has 0 aliphatic carbocycles. The van der Waals surface area contributed by atoms with E-state index in [0.717, 1.165) is 38.3 Å². The SMILES string of the molecule is CN1CCN(CC(C)(C)NC(=O)c2c(C(N)=O)ncn2-c2ccc(NC(=O)c3ccc(F)cc3Cl)cc2)CC1. The molecule has 0 saturated carbocycles. The summed E-state index contributed by atoms with van der Waals surface area (Å²) in [5, 5.41) is 5.72. The topological polar surface area (TPSA) is 126 Å². The summed E-state index contributed by atoms with van der Waals surface area (Å²) >= 11 is 5.99. The Morgan fingerprint density at radius 1 is 1.05 bits per heavy atom. The van der Waals surface area contributed by atoms with Gasteiger partial charge in [-0.15, -0.1) is 0 Å². The summed E-state index contributed by atoms with van der Waals surface area (Å²) < 4.78 is 14.8. The van der Waals surface area contributed by atoms with Gasteiger partial charge in [0, 0.05) is 49.6 Å². The van der Waals surface area contributed by atoms with Gasteiger partial charge in [-0.1, -0.05) is 11.6 Å². The first-order valence-electron chi connectivity index (χ1n) is 12.4. The number of rotatable bonds is 8. The van der Waals surface area contributed by atoms with Crippen molar-refractivity contribution in [2.45, 2.75) is 19.4 Å². The minimum atomic E-state index is -0.823. The Balaban J connectivity index is 1.52. The van der Waals surface area contributed by atoms with E-state index in [1.165, 1.54) is 17.0 Å². The number of hydrogen-bond donors (Lipinski definition) is 3. The molecule has 1 aromatic heterocycles. The predicted molar refractivity (Wildman–Crippen MR) is 147 cm³/mol. The number of nitrogens with zero attached hydrogens (tertiary/aromatic N) is 4. The Hall–Kier alpha value is -3.80. The second-order valence-electron chi connectivity index (χ2n) is 10.2. The Morgan fingerprint density at radius 3 is 2.33 bits per heavy atom. The zero-order chi connectivity index (χ0) is 28.3. The zero-order valence-electron chi connectivity index (χ0n) is 22.0. The van der Waals surface area contributed by atoms with Gasteiger partial charge in [0.05, 0.1) is 10.6 Å². The van der Waals surface area contributed by atoms with Crippen LogP contribution >= 0.6 is 11.6 Å². The number of nitrogens with one attached hydrogen (secondary N) is 2. The molecule has 2 aromatic carbocycles. The number of nitrogens with two attached hydrogens (primary N) is 1. The van der Waals surface area contributed by atoms with Crippen LogP contribution in [0.2, 0.25) is 5.02 Å². The molecule has 4 N–H and O–H groups in total. The first-order chi connectivity index (χ1) is 18.4. The highest BCUT2D eigenvalue weighted by Gasteiger charge is 2.30. The number of carbonyl (C=O) groups excluding carboxylic acids is 3. The molecule has 0 unspecified atom stereocenters. The van der Waals surface area contributed by atoms with Crippen molar-refractivity contribution in [3.05, 3.63) is 76.6 Å². The van der Waals surface area contributed by atoms with Crippen LogP contribution in [-0.4, -0.2) is 82.4 Å². The van der Waals surface area contributed by atoms with Gasteiger partial charge in [0.25, 0.3) is 17.7 Å². The maximum atomic E-state index is 13.5. The second kappa shape index (κ2) is 11.5. The smallest absolute Gasteiger partial charge is 0.271 e. The highest BCUT2D eigenvalue weighted by atomic mass is 35.5. The van der Waals surface area contributed by atoms with Gasteiger partial charge in [-0.3, -0.25) is 23.9 Å². The molecule has 3 amide bonds. The molecule has 206 valence electrons. The van der Waals surface area contributed by atoms with E-state index in [-0.39, 0.29) is 22.0 Å². The van der Waals surface area contributed by atoms with Crippen LogP contribution in [0.15, 0.2) is 48.8 Å². The standard InChI is InChI=1S/C27H31ClFN7O3/c1-27(2,15-35-12-10-34(3)11-13-35)33-26(39)23-22(24(30)37)31-16-36(23)19-7-5-18(6-8-19)32-25(38)20-9-4-17(29)14-21(20)28/h4-9,14,16H,10-13,15H2,1-3H3,(H2,30,37)(H,32,38)(H,33,39). The number of benzene rings is 2. The van der Waals surface area contributed by atoms with E-state index in [2.05, 4.69) is 32.5 Å². The van der Waals surface area contributed by atoms with Gasteiger partial charge in [-0.2, -0.15) is 0 Å². The Kier molecular flexibility index (Phi) is 8.34.